The minimum atomic E-state index is 1.06. The van der Waals surface area contributed by atoms with Crippen LogP contribution in [-0.4, -0.2) is 13.1 Å². The van der Waals surface area contributed by atoms with Crippen molar-refractivity contribution in [2.75, 3.05) is 13.1 Å². The molecule has 18 heavy (non-hydrogen) atoms. The van der Waals surface area contributed by atoms with Gasteiger partial charge in [0.2, 0.25) is 0 Å². The SMILES string of the molecule is CCNCCC=C(C)Cc1c(C)cc(C)cc1C. The molecule has 0 spiro atoms. The molecule has 0 amide bonds. The molecule has 1 aromatic rings. The van der Waals surface area contributed by atoms with Crippen molar-refractivity contribution >= 4 is 0 Å². The van der Waals surface area contributed by atoms with Crippen LogP contribution >= 0.6 is 0 Å². The lowest BCUT2D eigenvalue weighted by Gasteiger charge is -2.12. The zero-order valence-electron chi connectivity index (χ0n) is 12.6. The quantitative estimate of drug-likeness (QED) is 0.588. The third-order valence-corrected chi connectivity index (χ3v) is 3.36. The first-order valence-electron chi connectivity index (χ1n) is 6.97. The van der Waals surface area contributed by atoms with E-state index in [0.717, 1.165) is 25.9 Å². The minimum Gasteiger partial charge on any atom is -0.317 e. The number of hydrogen-bond donors (Lipinski definition) is 1. The van der Waals surface area contributed by atoms with Crippen molar-refractivity contribution in [3.63, 3.8) is 0 Å². The molecule has 1 N–H and O–H groups in total. The second kappa shape index (κ2) is 7.38. The Morgan fingerprint density at radius 2 is 1.78 bits per heavy atom. The van der Waals surface area contributed by atoms with Gasteiger partial charge in [-0.15, -0.1) is 0 Å². The van der Waals surface area contributed by atoms with Crippen LogP contribution in [0, 0.1) is 20.8 Å². The largest absolute Gasteiger partial charge is 0.317 e. The predicted octanol–water partition coefficient (Wildman–Crippen LogP) is 4.10. The van der Waals surface area contributed by atoms with Crippen LogP contribution in [-0.2, 0) is 6.42 Å². The lowest BCUT2D eigenvalue weighted by Crippen LogP contribution is -2.13. The Balaban J connectivity index is 2.67. The molecule has 0 aliphatic carbocycles. The molecular weight excluding hydrogens is 218 g/mol. The van der Waals surface area contributed by atoms with Gasteiger partial charge in [0, 0.05) is 0 Å². The Hall–Kier alpha value is -1.08. The molecule has 0 saturated carbocycles. The fraction of sp³-hybridized carbons (Fsp3) is 0.529. The number of allylic oxidation sites excluding steroid dienone is 1. The van der Waals surface area contributed by atoms with Gasteiger partial charge in [-0.05, 0) is 70.3 Å². The maximum absolute atomic E-state index is 3.35. The number of benzene rings is 1. The van der Waals surface area contributed by atoms with E-state index < -0.39 is 0 Å². The molecule has 1 aromatic carbocycles. The van der Waals surface area contributed by atoms with Crippen LogP contribution in [0.4, 0.5) is 0 Å². The predicted molar refractivity (Wildman–Crippen MR) is 81.3 cm³/mol. The zero-order chi connectivity index (χ0) is 13.5. The smallest absolute Gasteiger partial charge is 0.00143 e. The highest BCUT2D eigenvalue weighted by Gasteiger charge is 2.04. The Kier molecular flexibility index (Phi) is 6.14. The molecule has 0 aliphatic heterocycles. The third-order valence-electron chi connectivity index (χ3n) is 3.36. The molecule has 0 heterocycles. The standard InChI is InChI=1S/C17H27N/c1-6-18-9-7-8-13(2)12-17-15(4)10-14(3)11-16(17)5/h8,10-11,18H,6-7,9,12H2,1-5H3. The van der Waals surface area contributed by atoms with Gasteiger partial charge in [0.1, 0.15) is 0 Å². The second-order valence-corrected chi connectivity index (χ2v) is 5.25. The van der Waals surface area contributed by atoms with Gasteiger partial charge in [-0.1, -0.05) is 36.3 Å². The van der Waals surface area contributed by atoms with E-state index in [0.29, 0.717) is 0 Å². The molecule has 0 fully saturated rings. The summed E-state index contributed by atoms with van der Waals surface area (Å²) in [5, 5.41) is 3.35. The monoisotopic (exact) mass is 245 g/mol. The van der Waals surface area contributed by atoms with E-state index in [2.05, 4.69) is 58.1 Å². The van der Waals surface area contributed by atoms with Crippen LogP contribution in [0.1, 0.15) is 42.5 Å². The third kappa shape index (κ3) is 4.66. The molecule has 0 bridgehead atoms. The lowest BCUT2D eigenvalue weighted by molar-refractivity contribution is 0.724. The summed E-state index contributed by atoms with van der Waals surface area (Å²) in [6.45, 7) is 13.1. The fourth-order valence-corrected chi connectivity index (χ4v) is 2.44. The van der Waals surface area contributed by atoms with E-state index in [1.54, 1.807) is 0 Å². The van der Waals surface area contributed by atoms with Gasteiger partial charge in [-0.3, -0.25) is 0 Å². The highest BCUT2D eigenvalue weighted by molar-refractivity contribution is 5.39. The normalized spacial score (nSPS) is 11.9. The summed E-state index contributed by atoms with van der Waals surface area (Å²) >= 11 is 0. The molecule has 0 aromatic heterocycles. The van der Waals surface area contributed by atoms with Crippen LogP contribution in [0.2, 0.25) is 0 Å². The van der Waals surface area contributed by atoms with Crippen molar-refractivity contribution in [3.8, 4) is 0 Å². The topological polar surface area (TPSA) is 12.0 Å². The van der Waals surface area contributed by atoms with Gasteiger partial charge >= 0.3 is 0 Å². The molecule has 0 saturated heterocycles. The van der Waals surface area contributed by atoms with Crippen LogP contribution in [0.3, 0.4) is 0 Å². The van der Waals surface area contributed by atoms with Crippen LogP contribution < -0.4 is 5.32 Å². The highest BCUT2D eigenvalue weighted by atomic mass is 14.8. The van der Waals surface area contributed by atoms with Crippen molar-refractivity contribution in [1.82, 2.24) is 5.32 Å². The average molecular weight is 245 g/mol. The lowest BCUT2D eigenvalue weighted by atomic mass is 9.94. The molecule has 100 valence electrons. The Labute approximate surface area is 112 Å². The molecular formula is C17H27N. The van der Waals surface area contributed by atoms with Gasteiger partial charge in [-0.2, -0.15) is 0 Å². The first-order valence-corrected chi connectivity index (χ1v) is 6.97. The molecule has 0 unspecified atom stereocenters. The van der Waals surface area contributed by atoms with Crippen LogP contribution in [0.25, 0.3) is 0 Å². The number of hydrogen-bond acceptors (Lipinski definition) is 1. The summed E-state index contributed by atoms with van der Waals surface area (Å²) < 4.78 is 0. The van der Waals surface area contributed by atoms with Crippen molar-refractivity contribution in [3.05, 3.63) is 46.0 Å². The second-order valence-electron chi connectivity index (χ2n) is 5.25. The number of aryl methyl sites for hydroxylation is 3. The van der Waals surface area contributed by atoms with Crippen LogP contribution in [0.5, 0.6) is 0 Å². The van der Waals surface area contributed by atoms with E-state index in [1.807, 2.05) is 0 Å². The number of nitrogens with one attached hydrogen (secondary N) is 1. The van der Waals surface area contributed by atoms with Crippen molar-refractivity contribution in [1.29, 1.82) is 0 Å². The van der Waals surface area contributed by atoms with Gasteiger partial charge < -0.3 is 5.32 Å². The maximum atomic E-state index is 3.35. The molecule has 0 aliphatic rings. The summed E-state index contributed by atoms with van der Waals surface area (Å²) in [5.74, 6) is 0. The first kappa shape index (κ1) is 15.0. The molecule has 1 nitrogen and oxygen atoms in total. The van der Waals surface area contributed by atoms with Crippen molar-refractivity contribution in [2.45, 2.75) is 47.5 Å². The van der Waals surface area contributed by atoms with E-state index in [9.17, 15) is 0 Å². The fourth-order valence-electron chi connectivity index (χ4n) is 2.44. The molecule has 0 atom stereocenters. The molecule has 0 radical (unpaired) electrons. The van der Waals surface area contributed by atoms with Crippen molar-refractivity contribution < 1.29 is 0 Å². The molecule has 1 heteroatoms. The van der Waals surface area contributed by atoms with Crippen molar-refractivity contribution in [2.24, 2.45) is 0 Å². The van der Waals surface area contributed by atoms with E-state index >= 15 is 0 Å². The zero-order valence-corrected chi connectivity index (χ0v) is 12.6. The summed E-state index contributed by atoms with van der Waals surface area (Å²) in [6.07, 6.45) is 4.58. The summed E-state index contributed by atoms with van der Waals surface area (Å²) in [7, 11) is 0. The molecule has 1 rings (SSSR count). The van der Waals surface area contributed by atoms with Gasteiger partial charge in [0.05, 0.1) is 0 Å². The highest BCUT2D eigenvalue weighted by Crippen LogP contribution is 2.19. The van der Waals surface area contributed by atoms with E-state index in [-0.39, 0.29) is 0 Å². The Bertz CT molecular complexity index is 393. The van der Waals surface area contributed by atoms with E-state index in [1.165, 1.54) is 27.8 Å². The summed E-state index contributed by atoms with van der Waals surface area (Å²) in [6, 6.07) is 4.57. The number of rotatable bonds is 6. The first-order chi connectivity index (χ1) is 8.54. The van der Waals surface area contributed by atoms with Crippen LogP contribution in [0.15, 0.2) is 23.8 Å². The van der Waals surface area contributed by atoms with Gasteiger partial charge in [0.25, 0.3) is 0 Å². The minimum absolute atomic E-state index is 1.06. The average Bonchev–Trinajstić information content (AvgIpc) is 2.29. The summed E-state index contributed by atoms with van der Waals surface area (Å²) in [5.41, 5.74) is 7.18. The van der Waals surface area contributed by atoms with Gasteiger partial charge in [-0.25, -0.2) is 0 Å². The maximum Gasteiger partial charge on any atom is -0.00143 e. The van der Waals surface area contributed by atoms with Gasteiger partial charge in [0.15, 0.2) is 0 Å². The Morgan fingerprint density at radius 3 is 2.33 bits per heavy atom. The van der Waals surface area contributed by atoms with E-state index in [4.69, 9.17) is 0 Å². The Morgan fingerprint density at radius 1 is 1.17 bits per heavy atom. The summed E-state index contributed by atoms with van der Waals surface area (Å²) in [4.78, 5) is 0.